The number of hydrogen-bond donors (Lipinski definition) is 0. The van der Waals surface area contributed by atoms with Gasteiger partial charge in [0.25, 0.3) is 0 Å². The van der Waals surface area contributed by atoms with E-state index in [0.717, 1.165) is 18.8 Å². The van der Waals surface area contributed by atoms with Crippen molar-refractivity contribution in [1.82, 2.24) is 0 Å². The molecule has 0 saturated carbocycles. The number of aryl methyl sites for hydroxylation is 1. The van der Waals surface area contributed by atoms with Crippen LogP contribution in [0.4, 0.5) is 0 Å². The maximum absolute atomic E-state index is 5.88. The molecule has 1 aromatic carbocycles. The van der Waals surface area contributed by atoms with E-state index in [0.29, 0.717) is 12.7 Å². The fraction of sp³-hybridized carbons (Fsp3) is 0.652. The summed E-state index contributed by atoms with van der Waals surface area (Å²) >= 11 is 0. The highest BCUT2D eigenvalue weighted by atomic mass is 16.6. The van der Waals surface area contributed by atoms with E-state index in [4.69, 9.17) is 9.47 Å². The number of ether oxygens (including phenoxy) is 2. The van der Waals surface area contributed by atoms with Crippen molar-refractivity contribution in [1.29, 1.82) is 0 Å². The van der Waals surface area contributed by atoms with E-state index >= 15 is 0 Å². The quantitative estimate of drug-likeness (QED) is 0.206. The Morgan fingerprint density at radius 2 is 1.64 bits per heavy atom. The van der Waals surface area contributed by atoms with Crippen LogP contribution >= 0.6 is 0 Å². The first-order valence-electron chi connectivity index (χ1n) is 10.4. The van der Waals surface area contributed by atoms with Crippen molar-refractivity contribution >= 4 is 0 Å². The van der Waals surface area contributed by atoms with Crippen molar-refractivity contribution in [3.63, 3.8) is 0 Å². The van der Waals surface area contributed by atoms with Gasteiger partial charge in [0.15, 0.2) is 0 Å². The van der Waals surface area contributed by atoms with Gasteiger partial charge in [0, 0.05) is 0 Å². The zero-order valence-electron chi connectivity index (χ0n) is 16.1. The second-order valence-electron chi connectivity index (χ2n) is 7.15. The minimum Gasteiger partial charge on any atom is -0.491 e. The van der Waals surface area contributed by atoms with Crippen LogP contribution in [0.5, 0.6) is 5.75 Å². The molecule has 2 heteroatoms. The van der Waals surface area contributed by atoms with Crippen molar-refractivity contribution in [2.45, 2.75) is 83.7 Å². The van der Waals surface area contributed by atoms with Gasteiger partial charge in [0.1, 0.15) is 18.5 Å². The number of benzene rings is 1. The van der Waals surface area contributed by atoms with Crippen molar-refractivity contribution in [2.24, 2.45) is 0 Å². The van der Waals surface area contributed by atoms with E-state index in [-0.39, 0.29) is 0 Å². The third-order valence-electron chi connectivity index (χ3n) is 4.76. The summed E-state index contributed by atoms with van der Waals surface area (Å²) in [6.45, 7) is 3.82. The minimum absolute atomic E-state index is 0.325. The van der Waals surface area contributed by atoms with Crippen LogP contribution in [0.3, 0.4) is 0 Å². The molecule has 2 rings (SSSR count). The molecule has 0 bridgehead atoms. The molecule has 0 radical (unpaired) electrons. The largest absolute Gasteiger partial charge is 0.491 e. The maximum Gasteiger partial charge on any atom is 0.122 e. The Hall–Kier alpha value is -1.28. The van der Waals surface area contributed by atoms with Gasteiger partial charge in [0.05, 0.1) is 6.61 Å². The van der Waals surface area contributed by atoms with Crippen LogP contribution in [-0.2, 0) is 11.2 Å². The van der Waals surface area contributed by atoms with Gasteiger partial charge in [-0.2, -0.15) is 0 Å². The number of unbranched alkanes of at least 4 members (excludes halogenated alkanes) is 8. The van der Waals surface area contributed by atoms with E-state index in [1.54, 1.807) is 0 Å². The first-order chi connectivity index (χ1) is 12.4. The summed E-state index contributed by atoms with van der Waals surface area (Å²) in [6.07, 6.45) is 19.4. The molecule has 0 N–H and O–H groups in total. The lowest BCUT2D eigenvalue weighted by molar-refractivity contribution is 0.261. The molecule has 1 aromatic rings. The molecule has 25 heavy (non-hydrogen) atoms. The van der Waals surface area contributed by atoms with Crippen LogP contribution in [0.25, 0.3) is 0 Å². The topological polar surface area (TPSA) is 21.8 Å². The van der Waals surface area contributed by atoms with E-state index in [1.807, 2.05) is 0 Å². The Kier molecular flexibility index (Phi) is 10.4. The predicted molar refractivity (Wildman–Crippen MR) is 106 cm³/mol. The summed E-state index contributed by atoms with van der Waals surface area (Å²) in [5.74, 6) is 1.04. The maximum atomic E-state index is 5.88. The standard InChI is InChI=1S/C23H36O2/c1-2-3-4-5-6-7-8-9-10-11-12-13-16-21-17-14-15-18-23(21)25-20-22-19-24-22/h8-9,14-15,17-18,22H,2-7,10-13,16,19-20H2,1H3/b9-8+. The van der Waals surface area contributed by atoms with Crippen LogP contribution in [0.2, 0.25) is 0 Å². The Balaban J connectivity index is 1.48. The van der Waals surface area contributed by atoms with Crippen LogP contribution in [0.1, 0.15) is 76.7 Å². The molecule has 1 unspecified atom stereocenters. The highest BCUT2D eigenvalue weighted by Crippen LogP contribution is 2.22. The molecule has 2 nitrogen and oxygen atoms in total. The molecule has 140 valence electrons. The third-order valence-corrected chi connectivity index (χ3v) is 4.76. The number of epoxide rings is 1. The predicted octanol–water partition coefficient (Wildman–Crippen LogP) is 6.48. The van der Waals surface area contributed by atoms with Gasteiger partial charge in [0.2, 0.25) is 0 Å². The first-order valence-corrected chi connectivity index (χ1v) is 10.4. The summed E-state index contributed by atoms with van der Waals surface area (Å²) in [4.78, 5) is 0. The highest BCUT2D eigenvalue weighted by Gasteiger charge is 2.23. The average molecular weight is 345 g/mol. The molecule has 1 heterocycles. The van der Waals surface area contributed by atoms with Gasteiger partial charge >= 0.3 is 0 Å². The van der Waals surface area contributed by atoms with Crippen LogP contribution in [0.15, 0.2) is 36.4 Å². The summed E-state index contributed by atoms with van der Waals surface area (Å²) in [7, 11) is 0. The first kappa shape index (κ1) is 20.0. The molecule has 1 saturated heterocycles. The molecule has 1 aliphatic rings. The van der Waals surface area contributed by atoms with E-state index < -0.39 is 0 Å². The van der Waals surface area contributed by atoms with E-state index in [1.165, 1.54) is 69.8 Å². The van der Waals surface area contributed by atoms with Crippen LogP contribution < -0.4 is 4.74 Å². The van der Waals surface area contributed by atoms with Crippen LogP contribution in [-0.4, -0.2) is 19.3 Å². The highest BCUT2D eigenvalue weighted by molar-refractivity contribution is 5.33. The minimum atomic E-state index is 0.325. The van der Waals surface area contributed by atoms with Crippen LogP contribution in [0, 0.1) is 0 Å². The normalized spacial score (nSPS) is 16.4. The summed E-state index contributed by atoms with van der Waals surface area (Å²) in [6, 6.07) is 8.45. The van der Waals surface area contributed by atoms with E-state index in [9.17, 15) is 0 Å². The molecular formula is C23H36O2. The second kappa shape index (κ2) is 13.0. The second-order valence-corrected chi connectivity index (χ2v) is 7.15. The number of allylic oxidation sites excluding steroid dienone is 2. The summed E-state index contributed by atoms with van der Waals surface area (Å²) in [5, 5.41) is 0. The van der Waals surface area contributed by atoms with E-state index in [2.05, 4.69) is 43.3 Å². The Labute approximate surface area is 154 Å². The van der Waals surface area contributed by atoms with Crippen molar-refractivity contribution in [3.8, 4) is 5.75 Å². The molecule has 0 amide bonds. The van der Waals surface area contributed by atoms with Gasteiger partial charge in [-0.05, 0) is 50.2 Å². The van der Waals surface area contributed by atoms with Crippen molar-refractivity contribution in [3.05, 3.63) is 42.0 Å². The SMILES string of the molecule is CCCCCCC/C=C/CCCCCc1ccccc1OCC1CO1. The Morgan fingerprint density at radius 1 is 0.960 bits per heavy atom. The molecule has 0 aromatic heterocycles. The molecule has 1 aliphatic heterocycles. The monoisotopic (exact) mass is 344 g/mol. The number of rotatable bonds is 15. The summed E-state index contributed by atoms with van der Waals surface area (Å²) in [5.41, 5.74) is 1.34. The fourth-order valence-electron chi connectivity index (χ4n) is 3.05. The summed E-state index contributed by atoms with van der Waals surface area (Å²) < 4.78 is 11.1. The average Bonchev–Trinajstić information content (AvgIpc) is 3.46. The molecule has 0 spiro atoms. The molecule has 1 fully saturated rings. The zero-order valence-corrected chi connectivity index (χ0v) is 16.1. The van der Waals surface area contributed by atoms with Crippen molar-refractivity contribution < 1.29 is 9.47 Å². The van der Waals surface area contributed by atoms with Gasteiger partial charge in [-0.3, -0.25) is 0 Å². The zero-order chi connectivity index (χ0) is 17.6. The van der Waals surface area contributed by atoms with Gasteiger partial charge in [-0.15, -0.1) is 0 Å². The fourth-order valence-corrected chi connectivity index (χ4v) is 3.05. The third kappa shape index (κ3) is 9.69. The lowest BCUT2D eigenvalue weighted by Crippen LogP contribution is -2.05. The smallest absolute Gasteiger partial charge is 0.122 e. The number of para-hydroxylation sites is 1. The van der Waals surface area contributed by atoms with Crippen molar-refractivity contribution in [2.75, 3.05) is 13.2 Å². The lowest BCUT2D eigenvalue weighted by atomic mass is 10.0. The number of hydrogen-bond acceptors (Lipinski definition) is 2. The van der Waals surface area contributed by atoms with Gasteiger partial charge in [-0.1, -0.05) is 69.4 Å². The van der Waals surface area contributed by atoms with Gasteiger partial charge in [-0.25, -0.2) is 0 Å². The Morgan fingerprint density at radius 3 is 2.36 bits per heavy atom. The molecular weight excluding hydrogens is 308 g/mol. The van der Waals surface area contributed by atoms with Gasteiger partial charge < -0.3 is 9.47 Å². The Bertz CT molecular complexity index is 477. The molecule has 0 aliphatic carbocycles. The molecule has 1 atom stereocenters. The lowest BCUT2D eigenvalue weighted by Gasteiger charge is -2.10.